The van der Waals surface area contributed by atoms with Crippen molar-refractivity contribution in [3.05, 3.63) is 29.8 Å². The van der Waals surface area contributed by atoms with Crippen molar-refractivity contribution in [1.82, 2.24) is 0 Å². The number of aliphatic hydroxyl groups is 3. The van der Waals surface area contributed by atoms with Crippen molar-refractivity contribution < 1.29 is 44.6 Å². The van der Waals surface area contributed by atoms with Gasteiger partial charge in [0.2, 0.25) is 0 Å². The molecule has 1 aromatic rings. The Morgan fingerprint density at radius 2 is 1.83 bits per heavy atom. The Labute approximate surface area is 167 Å². The standard InChI is InChI=1S/C20H26O9/c1-2-3-8-28-19(26)20(27)10-15(23)18(16(24)11-20)29-17(25)7-5-12-4-6-13(21)14(22)9-12/h4-7,9,15-16,18,21-24,27H,2-3,8,10-11H2,1H3. The maximum atomic E-state index is 12.1. The number of phenolic OH excluding ortho intramolecular Hbond substituents is 2. The Bertz CT molecular complexity index is 746. The van der Waals surface area contributed by atoms with Gasteiger partial charge in [0.05, 0.1) is 18.8 Å². The van der Waals surface area contributed by atoms with Crippen molar-refractivity contribution in [1.29, 1.82) is 0 Å². The van der Waals surface area contributed by atoms with Gasteiger partial charge in [-0.3, -0.25) is 0 Å². The van der Waals surface area contributed by atoms with Crippen molar-refractivity contribution in [3.63, 3.8) is 0 Å². The lowest BCUT2D eigenvalue weighted by Gasteiger charge is -2.39. The van der Waals surface area contributed by atoms with Gasteiger partial charge in [-0.2, -0.15) is 0 Å². The molecule has 1 saturated carbocycles. The predicted molar refractivity (Wildman–Crippen MR) is 101 cm³/mol. The van der Waals surface area contributed by atoms with Crippen LogP contribution in [0.2, 0.25) is 0 Å². The Kier molecular flexibility index (Phi) is 7.60. The number of phenols is 2. The van der Waals surface area contributed by atoms with Gasteiger partial charge in [0, 0.05) is 18.9 Å². The molecule has 0 radical (unpaired) electrons. The summed E-state index contributed by atoms with van der Waals surface area (Å²) < 4.78 is 10.0. The molecule has 1 fully saturated rings. The smallest absolute Gasteiger partial charge is 0.338 e. The van der Waals surface area contributed by atoms with Crippen LogP contribution in [0.3, 0.4) is 0 Å². The molecule has 0 saturated heterocycles. The number of aromatic hydroxyl groups is 2. The average Bonchev–Trinajstić information content (AvgIpc) is 2.65. The van der Waals surface area contributed by atoms with Gasteiger partial charge in [-0.1, -0.05) is 19.4 Å². The van der Waals surface area contributed by atoms with Crippen LogP contribution in [0.1, 0.15) is 38.2 Å². The zero-order valence-corrected chi connectivity index (χ0v) is 16.0. The highest BCUT2D eigenvalue weighted by Gasteiger charge is 2.51. The summed E-state index contributed by atoms with van der Waals surface area (Å²) >= 11 is 0. The van der Waals surface area contributed by atoms with Crippen LogP contribution >= 0.6 is 0 Å². The number of unbranched alkanes of at least 4 members (excludes halogenated alkanes) is 1. The van der Waals surface area contributed by atoms with Gasteiger partial charge >= 0.3 is 11.9 Å². The summed E-state index contributed by atoms with van der Waals surface area (Å²) in [6.07, 6.45) is -1.41. The molecule has 9 heteroatoms. The summed E-state index contributed by atoms with van der Waals surface area (Å²) in [5, 5.41) is 49.5. The third-order valence-corrected chi connectivity index (χ3v) is 4.63. The van der Waals surface area contributed by atoms with E-state index in [-0.39, 0.29) is 18.1 Å². The lowest BCUT2D eigenvalue weighted by molar-refractivity contribution is -0.200. The van der Waals surface area contributed by atoms with E-state index < -0.39 is 48.7 Å². The van der Waals surface area contributed by atoms with Crippen molar-refractivity contribution in [3.8, 4) is 11.5 Å². The molecule has 1 aromatic carbocycles. The van der Waals surface area contributed by atoms with Crippen molar-refractivity contribution in [2.24, 2.45) is 0 Å². The molecular formula is C20H26O9. The maximum absolute atomic E-state index is 12.1. The molecule has 0 bridgehead atoms. The van der Waals surface area contributed by atoms with Crippen LogP contribution in [0.15, 0.2) is 24.3 Å². The number of aliphatic hydroxyl groups excluding tert-OH is 2. The molecule has 0 heterocycles. The average molecular weight is 410 g/mol. The van der Waals surface area contributed by atoms with Crippen LogP contribution in [0, 0.1) is 0 Å². The Balaban J connectivity index is 1.96. The highest BCUT2D eigenvalue weighted by molar-refractivity contribution is 5.87. The molecule has 0 amide bonds. The van der Waals surface area contributed by atoms with Gasteiger partial charge in [0.15, 0.2) is 23.2 Å². The first-order chi connectivity index (χ1) is 13.7. The van der Waals surface area contributed by atoms with Crippen LogP contribution in [-0.2, 0) is 19.1 Å². The minimum Gasteiger partial charge on any atom is -0.504 e. The van der Waals surface area contributed by atoms with E-state index >= 15 is 0 Å². The highest BCUT2D eigenvalue weighted by atomic mass is 16.6. The molecule has 0 spiro atoms. The summed E-state index contributed by atoms with van der Waals surface area (Å²) in [5.74, 6) is -2.47. The van der Waals surface area contributed by atoms with E-state index in [2.05, 4.69) is 0 Å². The van der Waals surface area contributed by atoms with Gasteiger partial charge in [-0.05, 0) is 30.2 Å². The minimum atomic E-state index is -2.06. The van der Waals surface area contributed by atoms with E-state index in [0.29, 0.717) is 12.0 Å². The van der Waals surface area contributed by atoms with Gasteiger partial charge < -0.3 is 35.0 Å². The largest absolute Gasteiger partial charge is 0.504 e. The summed E-state index contributed by atoms with van der Waals surface area (Å²) in [5.41, 5.74) is -1.65. The molecule has 160 valence electrons. The number of carbonyl (C=O) groups excluding carboxylic acids is 2. The molecule has 2 rings (SSSR count). The van der Waals surface area contributed by atoms with E-state index in [9.17, 15) is 35.1 Å². The number of hydrogen-bond acceptors (Lipinski definition) is 9. The van der Waals surface area contributed by atoms with E-state index in [1.165, 1.54) is 24.3 Å². The fraction of sp³-hybridized carbons (Fsp3) is 0.500. The number of carbonyl (C=O) groups is 2. The summed E-state index contributed by atoms with van der Waals surface area (Å²) in [7, 11) is 0. The van der Waals surface area contributed by atoms with Gasteiger partial charge in [-0.15, -0.1) is 0 Å². The summed E-state index contributed by atoms with van der Waals surface area (Å²) in [6.45, 7) is 2.04. The zero-order chi connectivity index (χ0) is 21.6. The monoisotopic (exact) mass is 410 g/mol. The van der Waals surface area contributed by atoms with Crippen LogP contribution in [-0.4, -0.2) is 68.0 Å². The SMILES string of the molecule is CCCCOC(=O)C1(O)CC(O)C(OC(=O)C=Cc2ccc(O)c(O)c2)C(O)C1. The van der Waals surface area contributed by atoms with Crippen LogP contribution in [0.4, 0.5) is 0 Å². The van der Waals surface area contributed by atoms with E-state index in [1.54, 1.807) is 0 Å². The number of rotatable bonds is 7. The Hall–Kier alpha value is -2.62. The second-order valence-electron chi connectivity index (χ2n) is 7.05. The number of esters is 2. The van der Waals surface area contributed by atoms with Gasteiger partial charge in [-0.25, -0.2) is 9.59 Å². The first kappa shape index (κ1) is 22.7. The zero-order valence-electron chi connectivity index (χ0n) is 16.0. The van der Waals surface area contributed by atoms with E-state index in [0.717, 1.165) is 12.5 Å². The van der Waals surface area contributed by atoms with Crippen LogP contribution in [0.25, 0.3) is 6.08 Å². The van der Waals surface area contributed by atoms with Crippen molar-refractivity contribution >= 4 is 18.0 Å². The van der Waals surface area contributed by atoms with E-state index in [1.807, 2.05) is 6.92 Å². The molecule has 0 aliphatic heterocycles. The third-order valence-electron chi connectivity index (χ3n) is 4.63. The highest BCUT2D eigenvalue weighted by Crippen LogP contribution is 2.32. The topological polar surface area (TPSA) is 154 Å². The third kappa shape index (κ3) is 5.93. The molecule has 29 heavy (non-hydrogen) atoms. The first-order valence-corrected chi connectivity index (χ1v) is 9.32. The quantitative estimate of drug-likeness (QED) is 0.188. The van der Waals surface area contributed by atoms with Gasteiger partial charge in [0.25, 0.3) is 0 Å². The normalized spacial score (nSPS) is 27.0. The number of benzene rings is 1. The summed E-state index contributed by atoms with van der Waals surface area (Å²) in [6, 6.07) is 3.93. The molecule has 1 aliphatic carbocycles. The number of hydrogen-bond donors (Lipinski definition) is 5. The molecule has 2 atom stereocenters. The van der Waals surface area contributed by atoms with Gasteiger partial charge in [0.1, 0.15) is 0 Å². The van der Waals surface area contributed by atoms with Crippen LogP contribution < -0.4 is 0 Å². The molecule has 9 nitrogen and oxygen atoms in total. The lowest BCUT2D eigenvalue weighted by Crippen LogP contribution is -2.57. The number of ether oxygens (including phenoxy) is 2. The predicted octanol–water partition coefficient (Wildman–Crippen LogP) is 0.613. The molecule has 0 aromatic heterocycles. The molecular weight excluding hydrogens is 384 g/mol. The minimum absolute atomic E-state index is 0.125. The van der Waals surface area contributed by atoms with Crippen molar-refractivity contribution in [2.75, 3.05) is 6.61 Å². The molecule has 1 aliphatic rings. The fourth-order valence-corrected chi connectivity index (χ4v) is 3.01. The second kappa shape index (κ2) is 9.73. The van der Waals surface area contributed by atoms with E-state index in [4.69, 9.17) is 9.47 Å². The van der Waals surface area contributed by atoms with Crippen molar-refractivity contribution in [2.45, 2.75) is 56.5 Å². The second-order valence-corrected chi connectivity index (χ2v) is 7.05. The summed E-state index contributed by atoms with van der Waals surface area (Å²) in [4.78, 5) is 24.1. The fourth-order valence-electron chi connectivity index (χ4n) is 3.01. The Morgan fingerprint density at radius 3 is 2.41 bits per heavy atom. The first-order valence-electron chi connectivity index (χ1n) is 9.32. The molecule has 5 N–H and O–H groups in total. The lowest BCUT2D eigenvalue weighted by atomic mass is 9.79. The Morgan fingerprint density at radius 1 is 1.17 bits per heavy atom. The van der Waals surface area contributed by atoms with Crippen LogP contribution in [0.5, 0.6) is 11.5 Å². The maximum Gasteiger partial charge on any atom is 0.338 e. The molecule has 2 unspecified atom stereocenters.